The maximum absolute atomic E-state index is 12.1. The summed E-state index contributed by atoms with van der Waals surface area (Å²) in [7, 11) is 0. The van der Waals surface area contributed by atoms with Crippen molar-refractivity contribution in [2.24, 2.45) is 0 Å². The van der Waals surface area contributed by atoms with E-state index in [1.807, 2.05) is 19.9 Å². The molecule has 2 aromatic carbocycles. The standard InChI is InChI=1S/C17H16O4/c1-3-20-16-10-13(11-18)7-8-15(16)21-17(19)14-6-4-5-12(2)9-14/h4-11H,3H2,1-2H3. The van der Waals surface area contributed by atoms with Crippen molar-refractivity contribution < 1.29 is 19.1 Å². The van der Waals surface area contributed by atoms with Gasteiger partial charge in [0.1, 0.15) is 6.29 Å². The van der Waals surface area contributed by atoms with E-state index < -0.39 is 5.97 Å². The molecule has 0 fully saturated rings. The average Bonchev–Trinajstić information content (AvgIpc) is 2.49. The van der Waals surface area contributed by atoms with Crippen molar-refractivity contribution in [3.63, 3.8) is 0 Å². The van der Waals surface area contributed by atoms with Crippen LogP contribution in [0.25, 0.3) is 0 Å². The summed E-state index contributed by atoms with van der Waals surface area (Å²) in [5.41, 5.74) is 1.91. The lowest BCUT2D eigenvalue weighted by Gasteiger charge is -2.11. The molecule has 0 atom stereocenters. The molecule has 0 saturated heterocycles. The lowest BCUT2D eigenvalue weighted by Crippen LogP contribution is -2.10. The molecule has 108 valence electrons. The van der Waals surface area contributed by atoms with E-state index in [2.05, 4.69) is 0 Å². The number of aldehydes is 1. The monoisotopic (exact) mass is 284 g/mol. The normalized spacial score (nSPS) is 10.0. The van der Waals surface area contributed by atoms with E-state index in [4.69, 9.17) is 9.47 Å². The Morgan fingerprint density at radius 1 is 1.14 bits per heavy atom. The summed E-state index contributed by atoms with van der Waals surface area (Å²) in [5, 5.41) is 0. The average molecular weight is 284 g/mol. The molecule has 21 heavy (non-hydrogen) atoms. The lowest BCUT2D eigenvalue weighted by molar-refractivity contribution is 0.0728. The molecular formula is C17H16O4. The predicted molar refractivity (Wildman–Crippen MR) is 79.1 cm³/mol. The van der Waals surface area contributed by atoms with Gasteiger partial charge < -0.3 is 9.47 Å². The molecule has 0 aliphatic rings. The van der Waals surface area contributed by atoms with Crippen LogP contribution >= 0.6 is 0 Å². The first-order valence-corrected chi connectivity index (χ1v) is 6.65. The van der Waals surface area contributed by atoms with Crippen LogP contribution in [0.4, 0.5) is 0 Å². The Bertz CT molecular complexity index is 662. The molecule has 0 unspecified atom stereocenters. The number of hydrogen-bond acceptors (Lipinski definition) is 4. The summed E-state index contributed by atoms with van der Waals surface area (Å²) in [6.45, 7) is 4.14. The fourth-order valence-electron chi connectivity index (χ4n) is 1.88. The van der Waals surface area contributed by atoms with Gasteiger partial charge in [-0.1, -0.05) is 17.7 Å². The highest BCUT2D eigenvalue weighted by Gasteiger charge is 2.13. The van der Waals surface area contributed by atoms with Gasteiger partial charge in [-0.25, -0.2) is 4.79 Å². The van der Waals surface area contributed by atoms with Crippen LogP contribution in [0.5, 0.6) is 11.5 Å². The van der Waals surface area contributed by atoms with Crippen LogP contribution in [0.15, 0.2) is 42.5 Å². The van der Waals surface area contributed by atoms with Gasteiger partial charge >= 0.3 is 5.97 Å². The van der Waals surface area contributed by atoms with Crippen LogP contribution in [0.1, 0.15) is 33.2 Å². The van der Waals surface area contributed by atoms with Crippen molar-refractivity contribution in [1.82, 2.24) is 0 Å². The van der Waals surface area contributed by atoms with Crippen molar-refractivity contribution in [2.75, 3.05) is 6.61 Å². The van der Waals surface area contributed by atoms with Gasteiger partial charge in [-0.3, -0.25) is 4.79 Å². The van der Waals surface area contributed by atoms with E-state index in [1.54, 1.807) is 36.4 Å². The van der Waals surface area contributed by atoms with E-state index in [9.17, 15) is 9.59 Å². The molecule has 2 rings (SSSR count). The second-order valence-electron chi connectivity index (χ2n) is 4.52. The summed E-state index contributed by atoms with van der Waals surface area (Å²) < 4.78 is 10.8. The number of rotatable bonds is 5. The molecule has 4 nitrogen and oxygen atoms in total. The van der Waals surface area contributed by atoms with Gasteiger partial charge in [0.15, 0.2) is 11.5 Å². The third kappa shape index (κ3) is 3.69. The zero-order chi connectivity index (χ0) is 15.2. The van der Waals surface area contributed by atoms with Crippen molar-refractivity contribution in [1.29, 1.82) is 0 Å². The summed E-state index contributed by atoms with van der Waals surface area (Å²) in [4.78, 5) is 22.9. The third-order valence-corrected chi connectivity index (χ3v) is 2.86. The SMILES string of the molecule is CCOc1cc(C=O)ccc1OC(=O)c1cccc(C)c1. The highest BCUT2D eigenvalue weighted by molar-refractivity contribution is 5.91. The fraction of sp³-hybridized carbons (Fsp3) is 0.176. The van der Waals surface area contributed by atoms with Gasteiger partial charge in [0, 0.05) is 5.56 Å². The molecule has 0 heterocycles. The second kappa shape index (κ2) is 6.70. The Labute approximate surface area is 123 Å². The zero-order valence-corrected chi connectivity index (χ0v) is 12.0. The number of benzene rings is 2. The summed E-state index contributed by atoms with van der Waals surface area (Å²) >= 11 is 0. The van der Waals surface area contributed by atoms with Crippen LogP contribution in [0.3, 0.4) is 0 Å². The number of aryl methyl sites for hydroxylation is 1. The summed E-state index contributed by atoms with van der Waals surface area (Å²) in [5.74, 6) is 0.218. The van der Waals surface area contributed by atoms with Crippen molar-refractivity contribution in [2.45, 2.75) is 13.8 Å². The minimum atomic E-state index is -0.460. The van der Waals surface area contributed by atoms with Crippen LogP contribution in [-0.2, 0) is 0 Å². The van der Waals surface area contributed by atoms with Crippen LogP contribution in [0.2, 0.25) is 0 Å². The molecule has 0 N–H and O–H groups in total. The molecule has 0 aromatic heterocycles. The van der Waals surface area contributed by atoms with Crippen LogP contribution < -0.4 is 9.47 Å². The maximum atomic E-state index is 12.1. The highest BCUT2D eigenvalue weighted by Crippen LogP contribution is 2.28. The Morgan fingerprint density at radius 3 is 2.62 bits per heavy atom. The number of hydrogen-bond donors (Lipinski definition) is 0. The maximum Gasteiger partial charge on any atom is 0.343 e. The van der Waals surface area contributed by atoms with Crippen molar-refractivity contribution >= 4 is 12.3 Å². The third-order valence-electron chi connectivity index (χ3n) is 2.86. The molecule has 0 amide bonds. The topological polar surface area (TPSA) is 52.6 Å². The van der Waals surface area contributed by atoms with Crippen molar-refractivity contribution in [3.05, 3.63) is 59.2 Å². The fourth-order valence-corrected chi connectivity index (χ4v) is 1.88. The van der Waals surface area contributed by atoms with Gasteiger partial charge in [0.05, 0.1) is 12.2 Å². The van der Waals surface area contributed by atoms with E-state index in [-0.39, 0.29) is 0 Å². The number of carbonyl (C=O) groups excluding carboxylic acids is 2. The highest BCUT2D eigenvalue weighted by atomic mass is 16.6. The molecule has 0 aliphatic heterocycles. The van der Waals surface area contributed by atoms with E-state index in [0.29, 0.717) is 35.5 Å². The van der Waals surface area contributed by atoms with Crippen LogP contribution in [-0.4, -0.2) is 18.9 Å². The molecule has 0 aliphatic carbocycles. The number of esters is 1. The van der Waals surface area contributed by atoms with Gasteiger partial charge in [0.2, 0.25) is 0 Å². The van der Waals surface area contributed by atoms with Gasteiger partial charge in [-0.05, 0) is 44.2 Å². The molecule has 0 bridgehead atoms. The van der Waals surface area contributed by atoms with Gasteiger partial charge in [0.25, 0.3) is 0 Å². The number of carbonyl (C=O) groups is 2. The first-order chi connectivity index (χ1) is 10.1. The summed E-state index contributed by atoms with van der Waals surface area (Å²) in [6.07, 6.45) is 0.717. The Balaban J connectivity index is 2.26. The minimum Gasteiger partial charge on any atom is -0.490 e. The zero-order valence-electron chi connectivity index (χ0n) is 12.0. The number of ether oxygens (including phenoxy) is 2. The van der Waals surface area contributed by atoms with Gasteiger partial charge in [-0.2, -0.15) is 0 Å². The van der Waals surface area contributed by atoms with Crippen molar-refractivity contribution in [3.8, 4) is 11.5 Å². The first-order valence-electron chi connectivity index (χ1n) is 6.65. The van der Waals surface area contributed by atoms with E-state index >= 15 is 0 Å². The smallest absolute Gasteiger partial charge is 0.343 e. The second-order valence-corrected chi connectivity index (χ2v) is 4.52. The molecule has 0 spiro atoms. The molecule has 4 heteroatoms. The summed E-state index contributed by atoms with van der Waals surface area (Å²) in [6, 6.07) is 11.8. The molecule has 2 aromatic rings. The lowest BCUT2D eigenvalue weighted by atomic mass is 10.1. The Kier molecular flexibility index (Phi) is 4.72. The molecular weight excluding hydrogens is 268 g/mol. The largest absolute Gasteiger partial charge is 0.490 e. The quantitative estimate of drug-likeness (QED) is 0.479. The predicted octanol–water partition coefficient (Wildman–Crippen LogP) is 3.43. The van der Waals surface area contributed by atoms with Crippen LogP contribution in [0, 0.1) is 6.92 Å². The van der Waals surface area contributed by atoms with Gasteiger partial charge in [-0.15, -0.1) is 0 Å². The van der Waals surface area contributed by atoms with E-state index in [1.165, 1.54) is 0 Å². The Hall–Kier alpha value is -2.62. The minimum absolute atomic E-state index is 0.300. The van der Waals surface area contributed by atoms with E-state index in [0.717, 1.165) is 5.56 Å². The molecule has 0 saturated carbocycles. The first kappa shape index (κ1) is 14.8. The molecule has 0 radical (unpaired) electrons. The Morgan fingerprint density at radius 2 is 1.95 bits per heavy atom.